The van der Waals surface area contributed by atoms with Crippen LogP contribution in [0.1, 0.15) is 43.6 Å². The predicted molar refractivity (Wildman–Crippen MR) is 64.2 cm³/mol. The molecule has 0 aliphatic heterocycles. The van der Waals surface area contributed by atoms with Crippen molar-refractivity contribution in [1.82, 2.24) is 0 Å². The molecule has 1 rings (SSSR count). The van der Waals surface area contributed by atoms with E-state index in [-0.39, 0.29) is 11.7 Å². The van der Waals surface area contributed by atoms with Gasteiger partial charge in [-0.2, -0.15) is 0 Å². The van der Waals surface area contributed by atoms with Crippen LogP contribution in [0.15, 0.2) is 24.3 Å². The van der Waals surface area contributed by atoms with Gasteiger partial charge in [0.2, 0.25) is 0 Å². The van der Waals surface area contributed by atoms with Gasteiger partial charge in [0.15, 0.2) is 5.78 Å². The van der Waals surface area contributed by atoms with Gasteiger partial charge >= 0.3 is 0 Å². The maximum atomic E-state index is 11.9. The molecule has 0 saturated carbocycles. The first kappa shape index (κ1) is 12.0. The highest BCUT2D eigenvalue weighted by Crippen LogP contribution is 2.17. The molecule has 1 aromatic rings. The Balaban J connectivity index is 3.01. The first-order valence-electron chi connectivity index (χ1n) is 5.64. The van der Waals surface area contributed by atoms with E-state index >= 15 is 0 Å². The van der Waals surface area contributed by atoms with E-state index in [2.05, 4.69) is 19.9 Å². The first-order chi connectivity index (χ1) is 7.02. The summed E-state index contributed by atoms with van der Waals surface area (Å²) in [5, 5.41) is 0. The Morgan fingerprint density at radius 1 is 1.13 bits per heavy atom. The van der Waals surface area contributed by atoms with Crippen LogP contribution in [0.3, 0.4) is 0 Å². The van der Waals surface area contributed by atoms with E-state index in [1.807, 2.05) is 32.0 Å². The van der Waals surface area contributed by atoms with Crippen molar-refractivity contribution in [2.24, 2.45) is 11.8 Å². The van der Waals surface area contributed by atoms with E-state index in [0.717, 1.165) is 12.0 Å². The SMILES string of the molecule is CC(C)Cc1ccccc1C(=O)C(C)C. The molecular weight excluding hydrogens is 184 g/mol. The molecule has 0 aliphatic carbocycles. The highest BCUT2D eigenvalue weighted by atomic mass is 16.1. The van der Waals surface area contributed by atoms with Gasteiger partial charge in [-0.05, 0) is 17.9 Å². The maximum absolute atomic E-state index is 11.9. The fourth-order valence-electron chi connectivity index (χ4n) is 1.69. The smallest absolute Gasteiger partial charge is 0.165 e. The summed E-state index contributed by atoms with van der Waals surface area (Å²) < 4.78 is 0. The van der Waals surface area contributed by atoms with Crippen LogP contribution < -0.4 is 0 Å². The van der Waals surface area contributed by atoms with Crippen molar-refractivity contribution >= 4 is 5.78 Å². The molecule has 0 atom stereocenters. The lowest BCUT2D eigenvalue weighted by atomic mass is 9.92. The van der Waals surface area contributed by atoms with Gasteiger partial charge in [-0.1, -0.05) is 52.0 Å². The molecule has 1 nitrogen and oxygen atoms in total. The normalized spacial score (nSPS) is 11.1. The van der Waals surface area contributed by atoms with Gasteiger partial charge < -0.3 is 0 Å². The zero-order chi connectivity index (χ0) is 11.4. The minimum absolute atomic E-state index is 0.0818. The summed E-state index contributed by atoms with van der Waals surface area (Å²) >= 11 is 0. The lowest BCUT2D eigenvalue weighted by Crippen LogP contribution is -2.11. The highest BCUT2D eigenvalue weighted by molar-refractivity contribution is 5.98. The topological polar surface area (TPSA) is 17.1 Å². The van der Waals surface area contributed by atoms with Crippen LogP contribution in [0.4, 0.5) is 0 Å². The largest absolute Gasteiger partial charge is 0.294 e. The molecule has 15 heavy (non-hydrogen) atoms. The van der Waals surface area contributed by atoms with Crippen LogP contribution in [-0.2, 0) is 6.42 Å². The quantitative estimate of drug-likeness (QED) is 0.683. The molecule has 0 amide bonds. The van der Waals surface area contributed by atoms with E-state index < -0.39 is 0 Å². The highest BCUT2D eigenvalue weighted by Gasteiger charge is 2.14. The lowest BCUT2D eigenvalue weighted by Gasteiger charge is -2.12. The van der Waals surface area contributed by atoms with Gasteiger partial charge in [0, 0.05) is 11.5 Å². The average Bonchev–Trinajstić information content (AvgIpc) is 2.16. The lowest BCUT2D eigenvalue weighted by molar-refractivity contribution is 0.0938. The first-order valence-corrected chi connectivity index (χ1v) is 5.64. The molecule has 0 unspecified atom stereocenters. The molecule has 0 radical (unpaired) electrons. The standard InChI is InChI=1S/C14H20O/c1-10(2)9-12-7-5-6-8-13(12)14(15)11(3)4/h5-8,10-11H,9H2,1-4H3. The van der Waals surface area contributed by atoms with Crippen molar-refractivity contribution in [1.29, 1.82) is 0 Å². The summed E-state index contributed by atoms with van der Waals surface area (Å²) in [7, 11) is 0. The summed E-state index contributed by atoms with van der Waals surface area (Å²) in [4.78, 5) is 11.9. The zero-order valence-corrected chi connectivity index (χ0v) is 10.1. The van der Waals surface area contributed by atoms with Gasteiger partial charge in [0.05, 0.1) is 0 Å². The van der Waals surface area contributed by atoms with E-state index in [9.17, 15) is 4.79 Å². The van der Waals surface area contributed by atoms with Gasteiger partial charge in [-0.15, -0.1) is 0 Å². The number of carbonyl (C=O) groups is 1. The van der Waals surface area contributed by atoms with E-state index in [1.165, 1.54) is 5.56 Å². The van der Waals surface area contributed by atoms with Crippen molar-refractivity contribution in [3.8, 4) is 0 Å². The zero-order valence-electron chi connectivity index (χ0n) is 10.1. The number of benzene rings is 1. The Kier molecular flexibility index (Phi) is 4.07. The molecule has 0 fully saturated rings. The maximum Gasteiger partial charge on any atom is 0.165 e. The molecule has 0 saturated heterocycles. The molecule has 1 aromatic carbocycles. The molecule has 0 aliphatic rings. The number of carbonyl (C=O) groups excluding carboxylic acids is 1. The third-order valence-corrected chi connectivity index (χ3v) is 2.44. The van der Waals surface area contributed by atoms with Crippen LogP contribution in [0.5, 0.6) is 0 Å². The van der Waals surface area contributed by atoms with Gasteiger partial charge in [0.1, 0.15) is 0 Å². The molecule has 0 spiro atoms. The second kappa shape index (κ2) is 5.11. The summed E-state index contributed by atoms with van der Waals surface area (Å²) in [6, 6.07) is 7.96. The van der Waals surface area contributed by atoms with Crippen molar-refractivity contribution in [2.45, 2.75) is 34.1 Å². The van der Waals surface area contributed by atoms with Crippen molar-refractivity contribution in [3.05, 3.63) is 35.4 Å². The fourth-order valence-corrected chi connectivity index (χ4v) is 1.69. The number of hydrogen-bond donors (Lipinski definition) is 0. The second-order valence-electron chi connectivity index (χ2n) is 4.77. The Hall–Kier alpha value is -1.11. The number of Topliss-reactive ketones (excluding diaryl/α,β-unsaturated/α-hetero) is 1. The predicted octanol–water partition coefficient (Wildman–Crippen LogP) is 3.72. The third kappa shape index (κ3) is 3.19. The minimum atomic E-state index is 0.0818. The van der Waals surface area contributed by atoms with Gasteiger partial charge in [-0.25, -0.2) is 0 Å². The fraction of sp³-hybridized carbons (Fsp3) is 0.500. The molecular formula is C14H20O. The molecule has 0 aromatic heterocycles. The summed E-state index contributed by atoms with van der Waals surface area (Å²) in [5.41, 5.74) is 2.09. The van der Waals surface area contributed by atoms with Crippen molar-refractivity contribution in [2.75, 3.05) is 0 Å². The van der Waals surface area contributed by atoms with Gasteiger partial charge in [0.25, 0.3) is 0 Å². The number of hydrogen-bond acceptors (Lipinski definition) is 1. The average molecular weight is 204 g/mol. The number of rotatable bonds is 4. The number of ketones is 1. The van der Waals surface area contributed by atoms with Crippen LogP contribution in [0.25, 0.3) is 0 Å². The van der Waals surface area contributed by atoms with Crippen LogP contribution in [0, 0.1) is 11.8 Å². The van der Waals surface area contributed by atoms with E-state index in [4.69, 9.17) is 0 Å². The summed E-state index contributed by atoms with van der Waals surface area (Å²) in [6.45, 7) is 8.26. The van der Waals surface area contributed by atoms with Gasteiger partial charge in [-0.3, -0.25) is 4.79 Å². The second-order valence-corrected chi connectivity index (χ2v) is 4.77. The third-order valence-electron chi connectivity index (χ3n) is 2.44. The summed E-state index contributed by atoms with van der Waals surface area (Å²) in [5.74, 6) is 0.927. The molecule has 82 valence electrons. The Morgan fingerprint density at radius 3 is 2.27 bits per heavy atom. The Labute approximate surface area is 92.5 Å². The van der Waals surface area contributed by atoms with Crippen molar-refractivity contribution in [3.63, 3.8) is 0 Å². The minimum Gasteiger partial charge on any atom is -0.294 e. The van der Waals surface area contributed by atoms with Crippen LogP contribution in [-0.4, -0.2) is 5.78 Å². The molecule has 0 heterocycles. The molecule has 0 N–H and O–H groups in total. The van der Waals surface area contributed by atoms with E-state index in [1.54, 1.807) is 0 Å². The monoisotopic (exact) mass is 204 g/mol. The Bertz CT molecular complexity index is 337. The van der Waals surface area contributed by atoms with Crippen LogP contribution >= 0.6 is 0 Å². The molecule has 1 heteroatoms. The van der Waals surface area contributed by atoms with E-state index in [0.29, 0.717) is 5.92 Å². The van der Waals surface area contributed by atoms with Crippen LogP contribution in [0.2, 0.25) is 0 Å². The summed E-state index contributed by atoms with van der Waals surface area (Å²) in [6.07, 6.45) is 0.981. The molecule has 0 bridgehead atoms. The van der Waals surface area contributed by atoms with Crippen molar-refractivity contribution < 1.29 is 4.79 Å². The Morgan fingerprint density at radius 2 is 1.73 bits per heavy atom.